The molecule has 6 rings (SSSR count). The van der Waals surface area contributed by atoms with Crippen molar-refractivity contribution in [3.8, 4) is 29.1 Å². The molecule has 0 aromatic heterocycles. The van der Waals surface area contributed by atoms with Crippen LogP contribution in [0, 0.1) is 29.6 Å². The minimum atomic E-state index is -0.904. The van der Waals surface area contributed by atoms with Crippen molar-refractivity contribution in [1.29, 1.82) is 0 Å². The summed E-state index contributed by atoms with van der Waals surface area (Å²) in [4.78, 5) is 30.0. The Morgan fingerprint density at radius 1 is 0.950 bits per heavy atom. The number of piperidine rings is 1. The lowest BCUT2D eigenvalue weighted by Gasteiger charge is -2.39. The van der Waals surface area contributed by atoms with E-state index in [1.54, 1.807) is 24.3 Å². The maximum atomic E-state index is 13.7. The van der Waals surface area contributed by atoms with Crippen molar-refractivity contribution in [2.24, 2.45) is 34.2 Å². The quantitative estimate of drug-likeness (QED) is 0.0298. The summed E-state index contributed by atoms with van der Waals surface area (Å²) in [6, 6.07) is 13.0. The molecule has 1 aliphatic heterocycles. The Morgan fingerprint density at radius 2 is 1.77 bits per heavy atom. The molecule has 3 aromatic carbocycles. The molecule has 3 aliphatic rings. The Labute approximate surface area is 355 Å². The van der Waals surface area contributed by atoms with Gasteiger partial charge < -0.3 is 41.9 Å². The summed E-state index contributed by atoms with van der Waals surface area (Å²) in [5, 5.41) is 50.1. The van der Waals surface area contributed by atoms with Gasteiger partial charge >= 0.3 is 0 Å². The standard InChI is InChI=1S/C49H66N4O7/c1-3-4-5-9-35(29-53-49(50)51)41-23-36(22-32-11-16-37(54)25-42(32)41)44(56)19-14-31-13-18-39(46(58)20-15-33-24-48(60-2)47(59)27-40(31)33)45(57)10-7-6-8-30-21-34-12-17-38(55)26-43(34)52-28-30/h11,16,22-25,27,30-31,34-35,39,43-45,52,54,56-57,59H,3-10,12,14-15,17,19-21,26,28-29H2,1-2H3,(H4,50,51,53). The highest BCUT2D eigenvalue weighted by molar-refractivity contribution is 5.88. The van der Waals surface area contributed by atoms with Crippen molar-refractivity contribution in [1.82, 2.24) is 5.32 Å². The van der Waals surface area contributed by atoms with E-state index in [2.05, 4.69) is 29.1 Å². The van der Waals surface area contributed by atoms with Gasteiger partial charge in [0.2, 0.25) is 0 Å². The van der Waals surface area contributed by atoms with E-state index in [-0.39, 0.29) is 35.6 Å². The zero-order valence-electron chi connectivity index (χ0n) is 35.5. The second kappa shape index (κ2) is 21.2. The first-order valence-electron chi connectivity index (χ1n) is 22.3. The molecular formula is C49H66N4O7. The van der Waals surface area contributed by atoms with Crippen LogP contribution in [0.4, 0.5) is 0 Å². The van der Waals surface area contributed by atoms with Crippen LogP contribution in [0.2, 0.25) is 0 Å². The number of methoxy groups -OCH3 is 1. The molecule has 8 unspecified atom stereocenters. The number of phenolic OH excluding ortho intramolecular Hbond substituents is 2. The molecule has 0 amide bonds. The van der Waals surface area contributed by atoms with Gasteiger partial charge in [0.1, 0.15) is 17.5 Å². The van der Waals surface area contributed by atoms with Crippen molar-refractivity contribution in [3.05, 3.63) is 64.7 Å². The van der Waals surface area contributed by atoms with Crippen molar-refractivity contribution >= 4 is 28.3 Å². The van der Waals surface area contributed by atoms with Crippen molar-refractivity contribution in [2.45, 2.75) is 140 Å². The number of carbonyl (C=O) groups excluding carboxylic acids is 2. The van der Waals surface area contributed by atoms with Crippen LogP contribution >= 0.6 is 0 Å². The number of nitrogens with one attached hydrogen (secondary N) is 1. The third kappa shape index (κ3) is 11.6. The number of ketones is 2. The van der Waals surface area contributed by atoms with Crippen LogP contribution in [0.5, 0.6) is 17.2 Å². The maximum absolute atomic E-state index is 13.7. The second-order valence-electron chi connectivity index (χ2n) is 17.6. The van der Waals surface area contributed by atoms with E-state index >= 15 is 0 Å². The van der Waals surface area contributed by atoms with E-state index in [4.69, 9.17) is 16.2 Å². The number of ether oxygens (including phenoxy) is 1. The number of fused-ring (bicyclic) bond motifs is 3. The smallest absolute Gasteiger partial charge is 0.185 e. The first kappa shape index (κ1) is 44.9. The summed E-state index contributed by atoms with van der Waals surface area (Å²) in [5.41, 5.74) is 14.8. The molecule has 9 N–H and O–H groups in total. The summed E-state index contributed by atoms with van der Waals surface area (Å²) in [6.07, 6.45) is 10.2. The highest BCUT2D eigenvalue weighted by atomic mass is 16.5. The van der Waals surface area contributed by atoms with Gasteiger partial charge in [0, 0.05) is 43.7 Å². The van der Waals surface area contributed by atoms with E-state index in [1.807, 2.05) is 18.2 Å². The van der Waals surface area contributed by atoms with E-state index < -0.39 is 24.0 Å². The third-order valence-corrected chi connectivity index (χ3v) is 13.3. The molecule has 3 aromatic rings. The predicted octanol–water partition coefficient (Wildman–Crippen LogP) is 7.20. The number of aromatic hydroxyl groups is 2. The number of benzene rings is 3. The Bertz CT molecular complexity index is 2050. The number of aliphatic imine (C=N–C) groups is 1. The average molecular weight is 823 g/mol. The molecule has 1 heterocycles. The summed E-state index contributed by atoms with van der Waals surface area (Å²) >= 11 is 0. The van der Waals surface area contributed by atoms with Gasteiger partial charge in [-0.15, -0.1) is 0 Å². The Morgan fingerprint density at radius 3 is 2.55 bits per heavy atom. The number of guanidine groups is 1. The van der Waals surface area contributed by atoms with Gasteiger partial charge in [0.05, 0.1) is 19.3 Å². The molecule has 1 saturated heterocycles. The maximum Gasteiger partial charge on any atom is 0.185 e. The first-order chi connectivity index (χ1) is 28.9. The molecule has 0 radical (unpaired) electrons. The number of unbranched alkanes of at least 4 members (excludes halogenated alkanes) is 3. The number of hydrogen-bond acceptors (Lipinski definition) is 9. The fraction of sp³-hybridized carbons (Fsp3) is 0.571. The molecule has 11 nitrogen and oxygen atoms in total. The zero-order valence-corrected chi connectivity index (χ0v) is 35.5. The van der Waals surface area contributed by atoms with E-state index in [0.29, 0.717) is 74.5 Å². The van der Waals surface area contributed by atoms with Crippen LogP contribution in [0.3, 0.4) is 0 Å². The molecule has 2 aliphatic carbocycles. The molecule has 60 heavy (non-hydrogen) atoms. The molecule has 2 fully saturated rings. The van der Waals surface area contributed by atoms with Gasteiger partial charge in [-0.2, -0.15) is 0 Å². The summed E-state index contributed by atoms with van der Waals surface area (Å²) in [7, 11) is 1.49. The van der Waals surface area contributed by atoms with Gasteiger partial charge in [-0.1, -0.05) is 63.0 Å². The van der Waals surface area contributed by atoms with Crippen molar-refractivity contribution in [3.63, 3.8) is 0 Å². The number of aryl methyl sites for hydroxylation is 1. The fourth-order valence-corrected chi connectivity index (χ4v) is 9.84. The fourth-order valence-electron chi connectivity index (χ4n) is 9.84. The number of rotatable bonds is 18. The Hall–Kier alpha value is -4.63. The highest BCUT2D eigenvalue weighted by Gasteiger charge is 2.35. The van der Waals surface area contributed by atoms with Crippen molar-refractivity contribution in [2.75, 3.05) is 20.2 Å². The molecule has 8 atom stereocenters. The number of hydrogen-bond donors (Lipinski definition) is 7. The monoisotopic (exact) mass is 822 g/mol. The third-order valence-electron chi connectivity index (χ3n) is 13.3. The van der Waals surface area contributed by atoms with Gasteiger partial charge in [-0.3, -0.25) is 14.6 Å². The van der Waals surface area contributed by atoms with Gasteiger partial charge in [0.25, 0.3) is 0 Å². The van der Waals surface area contributed by atoms with Crippen LogP contribution in [-0.2, 0) is 16.0 Å². The van der Waals surface area contributed by atoms with E-state index in [9.17, 15) is 30.0 Å². The molecule has 324 valence electrons. The number of aliphatic hydroxyl groups is 2. The zero-order chi connectivity index (χ0) is 42.8. The minimum absolute atomic E-state index is 0.0147. The lowest BCUT2D eigenvalue weighted by molar-refractivity contribution is -0.124. The summed E-state index contributed by atoms with van der Waals surface area (Å²) in [6.45, 7) is 3.46. The van der Waals surface area contributed by atoms with Crippen LogP contribution in [0.15, 0.2) is 47.5 Å². The Kier molecular flexibility index (Phi) is 15.9. The summed E-state index contributed by atoms with van der Waals surface area (Å²) in [5.74, 6) is 7.07. The molecule has 1 saturated carbocycles. The number of Topliss-reactive ketones (excluding diaryl/α,β-unsaturated/α-hetero) is 2. The van der Waals surface area contributed by atoms with Crippen LogP contribution in [-0.4, -0.2) is 70.3 Å². The molecule has 0 bridgehead atoms. The van der Waals surface area contributed by atoms with Gasteiger partial charge in [0.15, 0.2) is 23.2 Å². The molecular weight excluding hydrogens is 757 g/mol. The van der Waals surface area contributed by atoms with Gasteiger partial charge in [-0.05, 0) is 133 Å². The normalized spacial score (nSPS) is 23.2. The highest BCUT2D eigenvalue weighted by Crippen LogP contribution is 2.40. The number of aliphatic hydroxyl groups excluding tert-OH is 2. The molecule has 0 spiro atoms. The predicted molar refractivity (Wildman–Crippen MR) is 236 cm³/mol. The van der Waals surface area contributed by atoms with Crippen LogP contribution < -0.4 is 21.5 Å². The van der Waals surface area contributed by atoms with Crippen LogP contribution in [0.1, 0.15) is 143 Å². The topological polar surface area (TPSA) is 201 Å². The first-order valence-corrected chi connectivity index (χ1v) is 22.3. The number of phenols is 2. The van der Waals surface area contributed by atoms with Gasteiger partial charge in [-0.25, -0.2) is 0 Å². The number of nitrogens with two attached hydrogens (primary N) is 2. The minimum Gasteiger partial charge on any atom is -0.508 e. The number of nitrogens with zero attached hydrogens (tertiary/aromatic N) is 1. The molecule has 11 heteroatoms. The lowest BCUT2D eigenvalue weighted by Crippen LogP contribution is -2.48. The van der Waals surface area contributed by atoms with E-state index in [0.717, 1.165) is 97.4 Å². The van der Waals surface area contributed by atoms with Crippen molar-refractivity contribution < 1.29 is 34.8 Å². The van der Waals surface area contributed by atoms with Crippen LogP contribution in [0.25, 0.3) is 10.8 Å². The lowest BCUT2D eigenvalue weighted by atomic mass is 9.74. The van der Waals surface area contributed by atoms with E-state index in [1.165, 1.54) is 7.11 Å². The Balaban J connectivity index is 1.19. The summed E-state index contributed by atoms with van der Waals surface area (Å²) < 4.78 is 5.45. The second-order valence-corrected chi connectivity index (χ2v) is 17.6. The number of carbonyl (C=O) groups is 2. The largest absolute Gasteiger partial charge is 0.508 e. The average Bonchev–Trinajstić information content (AvgIpc) is 3.29. The SMILES string of the molecule is CCCCCC(CN=C(N)N)c1cc(C(O)CCC2C#CC(C(O)CCCCC3CNC4CC(=O)CCC4C3)C(=O)CCc3cc(OC)c(O)cc32)cc2ccc(O)cc12.